The zero-order chi connectivity index (χ0) is 16.9. The maximum Gasteiger partial charge on any atom is 0.416 e. The molecule has 4 nitrogen and oxygen atoms in total. The van der Waals surface area contributed by atoms with Gasteiger partial charge in [0.2, 0.25) is 0 Å². The smallest absolute Gasteiger partial charge is 0.416 e. The third-order valence-electron chi connectivity index (χ3n) is 2.74. The number of rotatable bonds is 6. The van der Waals surface area contributed by atoms with Gasteiger partial charge in [0, 0.05) is 11.9 Å². The maximum atomic E-state index is 12.6. The standard InChI is InChI=1S/C15H13F3N2O2S/c1-2-6-19-14-20-12(9-23-14)13(21)22-8-10-4-3-5-11(7-10)15(16,17)18/h2-5,7,9H,1,6,8H2,(H,19,20). The normalized spacial score (nSPS) is 11.1. The molecule has 0 spiro atoms. The minimum absolute atomic E-state index is 0.105. The molecule has 23 heavy (non-hydrogen) atoms. The Labute approximate surface area is 134 Å². The summed E-state index contributed by atoms with van der Waals surface area (Å²) in [5, 5.41) is 4.98. The molecule has 1 N–H and O–H groups in total. The molecule has 8 heteroatoms. The monoisotopic (exact) mass is 342 g/mol. The van der Waals surface area contributed by atoms with E-state index in [1.807, 2.05) is 0 Å². The average molecular weight is 342 g/mol. The molecule has 122 valence electrons. The van der Waals surface area contributed by atoms with E-state index in [1.54, 1.807) is 6.08 Å². The third kappa shape index (κ3) is 4.82. The second-order valence-corrected chi connectivity index (χ2v) is 5.34. The van der Waals surface area contributed by atoms with E-state index in [4.69, 9.17) is 4.74 Å². The number of esters is 1. The summed E-state index contributed by atoms with van der Waals surface area (Å²) in [5.41, 5.74) is -0.419. The number of carbonyl (C=O) groups is 1. The van der Waals surface area contributed by atoms with Gasteiger partial charge >= 0.3 is 12.1 Å². The van der Waals surface area contributed by atoms with Crippen molar-refractivity contribution in [2.45, 2.75) is 12.8 Å². The highest BCUT2D eigenvalue weighted by molar-refractivity contribution is 7.13. The van der Waals surface area contributed by atoms with Crippen molar-refractivity contribution in [3.05, 3.63) is 59.1 Å². The molecular formula is C15H13F3N2O2S. The molecule has 0 bridgehead atoms. The molecule has 2 aromatic rings. The first kappa shape index (κ1) is 17.0. The average Bonchev–Trinajstić information content (AvgIpc) is 2.99. The zero-order valence-corrected chi connectivity index (χ0v) is 12.7. The van der Waals surface area contributed by atoms with Crippen molar-refractivity contribution >= 4 is 22.4 Å². The van der Waals surface area contributed by atoms with Gasteiger partial charge in [-0.25, -0.2) is 9.78 Å². The van der Waals surface area contributed by atoms with Crippen LogP contribution in [0, 0.1) is 0 Å². The van der Waals surface area contributed by atoms with Gasteiger partial charge in [0.25, 0.3) is 0 Å². The molecule has 2 rings (SSSR count). The Morgan fingerprint density at radius 3 is 2.91 bits per heavy atom. The van der Waals surface area contributed by atoms with Crippen LogP contribution in [0.4, 0.5) is 18.3 Å². The van der Waals surface area contributed by atoms with Crippen LogP contribution in [-0.2, 0) is 17.5 Å². The van der Waals surface area contributed by atoms with Gasteiger partial charge in [-0.1, -0.05) is 18.2 Å². The summed E-state index contributed by atoms with van der Waals surface area (Å²) in [4.78, 5) is 15.9. The van der Waals surface area contributed by atoms with Crippen LogP contribution in [0.1, 0.15) is 21.6 Å². The van der Waals surface area contributed by atoms with Crippen molar-refractivity contribution in [1.29, 1.82) is 0 Å². The van der Waals surface area contributed by atoms with Crippen molar-refractivity contribution in [3.63, 3.8) is 0 Å². The molecule has 0 unspecified atom stereocenters. The first-order valence-corrected chi connectivity index (χ1v) is 7.41. The molecule has 0 radical (unpaired) electrons. The predicted octanol–water partition coefficient (Wildman–Crippen LogP) is 4.12. The second kappa shape index (κ2) is 7.28. The first-order chi connectivity index (χ1) is 10.9. The van der Waals surface area contributed by atoms with E-state index in [2.05, 4.69) is 16.9 Å². The molecule has 0 aliphatic rings. The molecule has 1 aromatic heterocycles. The van der Waals surface area contributed by atoms with E-state index >= 15 is 0 Å². The van der Waals surface area contributed by atoms with Crippen molar-refractivity contribution in [2.75, 3.05) is 11.9 Å². The number of nitrogens with one attached hydrogen (secondary N) is 1. The van der Waals surface area contributed by atoms with Crippen molar-refractivity contribution in [3.8, 4) is 0 Å². The quantitative estimate of drug-likeness (QED) is 0.634. The molecule has 0 amide bonds. The number of thiazole rings is 1. The van der Waals surface area contributed by atoms with Gasteiger partial charge < -0.3 is 10.1 Å². The van der Waals surface area contributed by atoms with E-state index in [9.17, 15) is 18.0 Å². The Kier molecular flexibility index (Phi) is 5.38. The summed E-state index contributed by atoms with van der Waals surface area (Å²) in [6.45, 7) is 3.80. The Morgan fingerprint density at radius 1 is 1.43 bits per heavy atom. The SMILES string of the molecule is C=CCNc1nc(C(=O)OCc2cccc(C(F)(F)F)c2)cs1. The van der Waals surface area contributed by atoms with Gasteiger partial charge in [-0.05, 0) is 17.7 Å². The fraction of sp³-hybridized carbons (Fsp3) is 0.200. The summed E-state index contributed by atoms with van der Waals surface area (Å²) in [7, 11) is 0. The molecule has 0 aliphatic heterocycles. The summed E-state index contributed by atoms with van der Waals surface area (Å²) >= 11 is 1.23. The van der Waals surface area contributed by atoms with E-state index in [-0.39, 0.29) is 17.9 Å². The van der Waals surface area contributed by atoms with Gasteiger partial charge in [0.05, 0.1) is 5.56 Å². The highest BCUT2D eigenvalue weighted by atomic mass is 32.1. The number of nitrogens with zero attached hydrogens (tertiary/aromatic N) is 1. The minimum Gasteiger partial charge on any atom is -0.456 e. The maximum absolute atomic E-state index is 12.6. The van der Waals surface area contributed by atoms with Gasteiger partial charge in [-0.15, -0.1) is 17.9 Å². The first-order valence-electron chi connectivity index (χ1n) is 6.53. The minimum atomic E-state index is -4.43. The lowest BCUT2D eigenvalue weighted by Crippen LogP contribution is -2.08. The molecule has 0 aliphatic carbocycles. The van der Waals surface area contributed by atoms with E-state index in [1.165, 1.54) is 28.8 Å². The van der Waals surface area contributed by atoms with Crippen LogP contribution in [-0.4, -0.2) is 17.5 Å². The molecule has 1 heterocycles. The second-order valence-electron chi connectivity index (χ2n) is 4.48. The molecule has 1 aromatic carbocycles. The van der Waals surface area contributed by atoms with E-state index in [0.717, 1.165) is 12.1 Å². The van der Waals surface area contributed by atoms with Crippen LogP contribution in [0.5, 0.6) is 0 Å². The highest BCUT2D eigenvalue weighted by Crippen LogP contribution is 2.29. The lowest BCUT2D eigenvalue weighted by atomic mass is 10.1. The Hall–Kier alpha value is -2.35. The van der Waals surface area contributed by atoms with Crippen molar-refractivity contribution in [2.24, 2.45) is 0 Å². The van der Waals surface area contributed by atoms with Gasteiger partial charge in [0.1, 0.15) is 6.61 Å². The zero-order valence-electron chi connectivity index (χ0n) is 11.9. The molecule has 0 saturated heterocycles. The number of carbonyl (C=O) groups excluding carboxylic acids is 1. The van der Waals surface area contributed by atoms with E-state index < -0.39 is 17.7 Å². The van der Waals surface area contributed by atoms with Crippen molar-refractivity contribution < 1.29 is 22.7 Å². The summed E-state index contributed by atoms with van der Waals surface area (Å²) in [6, 6.07) is 4.64. The number of anilines is 1. The molecule has 0 saturated carbocycles. The number of halogens is 3. The highest BCUT2D eigenvalue weighted by Gasteiger charge is 2.30. The Bertz CT molecular complexity index is 698. The fourth-order valence-electron chi connectivity index (χ4n) is 1.67. The molecule has 0 fully saturated rings. The number of hydrogen-bond acceptors (Lipinski definition) is 5. The van der Waals surface area contributed by atoms with Crippen LogP contribution >= 0.6 is 11.3 Å². The van der Waals surface area contributed by atoms with Crippen molar-refractivity contribution in [1.82, 2.24) is 4.98 Å². The van der Waals surface area contributed by atoms with Crippen LogP contribution in [0.2, 0.25) is 0 Å². The number of ether oxygens (including phenoxy) is 1. The fourth-order valence-corrected chi connectivity index (χ4v) is 2.36. The lowest BCUT2D eigenvalue weighted by molar-refractivity contribution is -0.137. The number of hydrogen-bond donors (Lipinski definition) is 1. The summed E-state index contributed by atoms with van der Waals surface area (Å²) in [5.74, 6) is -0.690. The Morgan fingerprint density at radius 2 is 2.22 bits per heavy atom. The van der Waals surface area contributed by atoms with Crippen LogP contribution in [0.25, 0.3) is 0 Å². The number of alkyl halides is 3. The van der Waals surface area contributed by atoms with Crippen LogP contribution in [0.3, 0.4) is 0 Å². The van der Waals surface area contributed by atoms with Gasteiger partial charge in [0.15, 0.2) is 10.8 Å². The third-order valence-corrected chi connectivity index (χ3v) is 3.54. The molecule has 0 atom stereocenters. The summed E-state index contributed by atoms with van der Waals surface area (Å²) < 4.78 is 42.8. The summed E-state index contributed by atoms with van der Waals surface area (Å²) in [6.07, 6.45) is -2.78. The van der Waals surface area contributed by atoms with Crippen LogP contribution in [0.15, 0.2) is 42.3 Å². The number of aromatic nitrogens is 1. The van der Waals surface area contributed by atoms with Crippen LogP contribution < -0.4 is 5.32 Å². The lowest BCUT2D eigenvalue weighted by Gasteiger charge is -2.08. The topological polar surface area (TPSA) is 51.2 Å². The largest absolute Gasteiger partial charge is 0.456 e. The van der Waals surface area contributed by atoms with E-state index in [0.29, 0.717) is 11.7 Å². The molecular weight excluding hydrogens is 329 g/mol. The predicted molar refractivity (Wildman–Crippen MR) is 81.4 cm³/mol. The number of benzene rings is 1. The Balaban J connectivity index is 1.96. The van der Waals surface area contributed by atoms with Gasteiger partial charge in [-0.2, -0.15) is 13.2 Å². The van der Waals surface area contributed by atoms with Gasteiger partial charge in [-0.3, -0.25) is 0 Å².